The molecular weight excluding hydrogens is 294 g/mol. The molecule has 0 bridgehead atoms. The molecule has 1 amide bonds. The van der Waals surface area contributed by atoms with Gasteiger partial charge in [0.2, 0.25) is 0 Å². The van der Waals surface area contributed by atoms with E-state index in [1.54, 1.807) is 17.0 Å². The van der Waals surface area contributed by atoms with E-state index in [9.17, 15) is 9.90 Å². The van der Waals surface area contributed by atoms with Crippen molar-refractivity contribution in [1.29, 1.82) is 0 Å². The zero-order valence-electron chi connectivity index (χ0n) is 14.5. The van der Waals surface area contributed by atoms with E-state index in [2.05, 4.69) is 6.92 Å². The molecular formula is C18H27NO4. The molecule has 0 spiro atoms. The number of carbonyl (C=O) groups excluding carboxylic acids is 1. The molecule has 5 nitrogen and oxygen atoms in total. The van der Waals surface area contributed by atoms with Gasteiger partial charge in [0.05, 0.1) is 18.8 Å². The minimum atomic E-state index is -0.485. The van der Waals surface area contributed by atoms with E-state index in [0.29, 0.717) is 19.7 Å². The van der Waals surface area contributed by atoms with Crippen molar-refractivity contribution < 1.29 is 19.4 Å². The smallest absolute Gasteiger partial charge is 0.410 e. The first-order valence-electron chi connectivity index (χ1n) is 8.13. The average Bonchev–Trinajstić information content (AvgIpc) is 2.90. The highest BCUT2D eigenvalue weighted by Gasteiger charge is 2.40. The first kappa shape index (κ1) is 17.6. The quantitative estimate of drug-likeness (QED) is 0.918. The van der Waals surface area contributed by atoms with Crippen LogP contribution in [0.1, 0.15) is 46.1 Å². The second-order valence-electron chi connectivity index (χ2n) is 7.14. The molecule has 1 aliphatic rings. The van der Waals surface area contributed by atoms with Crippen LogP contribution in [0.3, 0.4) is 0 Å². The predicted octanol–water partition coefficient (Wildman–Crippen LogP) is 3.70. The Morgan fingerprint density at radius 3 is 2.52 bits per heavy atom. The number of hydrogen-bond acceptors (Lipinski definition) is 4. The van der Waals surface area contributed by atoms with Crippen LogP contribution in [0.5, 0.6) is 5.75 Å². The number of carbonyl (C=O) groups is 1. The second-order valence-corrected chi connectivity index (χ2v) is 7.14. The van der Waals surface area contributed by atoms with E-state index in [-0.39, 0.29) is 17.4 Å². The number of ether oxygens (including phenoxy) is 2. The monoisotopic (exact) mass is 321 g/mol. The SMILES string of the molecule is CCC1(OCc2ccc(O)cc2)CCN(C(=O)OC(C)(C)C)C1. The Kier molecular flexibility index (Phi) is 5.19. The summed E-state index contributed by atoms with van der Waals surface area (Å²) in [6, 6.07) is 7.00. The van der Waals surface area contributed by atoms with E-state index in [4.69, 9.17) is 9.47 Å². The third kappa shape index (κ3) is 4.86. The van der Waals surface area contributed by atoms with Gasteiger partial charge in [-0.3, -0.25) is 0 Å². The summed E-state index contributed by atoms with van der Waals surface area (Å²) in [6.45, 7) is 9.36. The molecule has 128 valence electrons. The van der Waals surface area contributed by atoms with Gasteiger partial charge >= 0.3 is 6.09 Å². The number of likely N-dealkylation sites (tertiary alicyclic amines) is 1. The Balaban J connectivity index is 1.94. The highest BCUT2D eigenvalue weighted by Crippen LogP contribution is 2.31. The van der Waals surface area contributed by atoms with Crippen molar-refractivity contribution in [2.75, 3.05) is 13.1 Å². The number of benzene rings is 1. The lowest BCUT2D eigenvalue weighted by atomic mass is 9.99. The largest absolute Gasteiger partial charge is 0.508 e. The van der Waals surface area contributed by atoms with Crippen LogP contribution in [-0.4, -0.2) is 40.4 Å². The molecule has 0 aromatic heterocycles. The van der Waals surface area contributed by atoms with Crippen molar-refractivity contribution in [1.82, 2.24) is 4.90 Å². The summed E-state index contributed by atoms with van der Waals surface area (Å²) in [7, 11) is 0. The van der Waals surface area contributed by atoms with Crippen LogP contribution in [0.25, 0.3) is 0 Å². The molecule has 5 heteroatoms. The Hall–Kier alpha value is -1.75. The Bertz CT molecular complexity index is 535. The molecule has 1 aromatic carbocycles. The van der Waals surface area contributed by atoms with Crippen LogP contribution >= 0.6 is 0 Å². The summed E-state index contributed by atoms with van der Waals surface area (Å²) < 4.78 is 11.6. The van der Waals surface area contributed by atoms with E-state index in [0.717, 1.165) is 18.4 Å². The third-order valence-electron chi connectivity index (χ3n) is 4.09. The minimum Gasteiger partial charge on any atom is -0.508 e. The highest BCUT2D eigenvalue weighted by molar-refractivity contribution is 5.68. The molecule has 1 atom stereocenters. The Labute approximate surface area is 138 Å². The van der Waals surface area contributed by atoms with Gasteiger partial charge in [-0.1, -0.05) is 19.1 Å². The van der Waals surface area contributed by atoms with E-state index in [1.807, 2.05) is 32.9 Å². The molecule has 1 N–H and O–H groups in total. The lowest BCUT2D eigenvalue weighted by molar-refractivity contribution is -0.0527. The molecule has 0 radical (unpaired) electrons. The number of hydrogen-bond donors (Lipinski definition) is 1. The van der Waals surface area contributed by atoms with Crippen molar-refractivity contribution in [2.45, 2.75) is 58.3 Å². The van der Waals surface area contributed by atoms with Crippen LogP contribution in [0.4, 0.5) is 4.79 Å². The molecule has 0 aliphatic carbocycles. The number of phenols is 1. The summed E-state index contributed by atoms with van der Waals surface area (Å²) in [5.41, 5.74) is 0.197. The van der Waals surface area contributed by atoms with Crippen molar-refractivity contribution >= 4 is 6.09 Å². The summed E-state index contributed by atoms with van der Waals surface area (Å²) in [5, 5.41) is 9.32. The van der Waals surface area contributed by atoms with Gasteiger partial charge in [-0.15, -0.1) is 0 Å². The van der Waals surface area contributed by atoms with Gasteiger partial charge in [0, 0.05) is 6.54 Å². The van der Waals surface area contributed by atoms with Crippen molar-refractivity contribution in [3.8, 4) is 5.75 Å². The predicted molar refractivity (Wildman–Crippen MR) is 88.3 cm³/mol. The number of phenolic OH excluding ortho intramolecular Hbond substituents is 1. The molecule has 0 saturated carbocycles. The molecule has 23 heavy (non-hydrogen) atoms. The maximum absolute atomic E-state index is 12.2. The first-order chi connectivity index (χ1) is 10.7. The van der Waals surface area contributed by atoms with Gasteiger partial charge < -0.3 is 19.5 Å². The van der Waals surface area contributed by atoms with Gasteiger partial charge in [-0.25, -0.2) is 4.79 Å². The Morgan fingerprint density at radius 1 is 1.30 bits per heavy atom. The number of rotatable bonds is 4. The van der Waals surface area contributed by atoms with Gasteiger partial charge in [-0.05, 0) is 51.3 Å². The molecule has 1 aliphatic heterocycles. The van der Waals surface area contributed by atoms with Crippen LogP contribution in [0.15, 0.2) is 24.3 Å². The van der Waals surface area contributed by atoms with Crippen molar-refractivity contribution in [3.63, 3.8) is 0 Å². The summed E-state index contributed by atoms with van der Waals surface area (Å²) in [6.07, 6.45) is 1.37. The maximum Gasteiger partial charge on any atom is 0.410 e. The highest BCUT2D eigenvalue weighted by atomic mass is 16.6. The topological polar surface area (TPSA) is 59.0 Å². The molecule has 1 fully saturated rings. The fraction of sp³-hybridized carbons (Fsp3) is 0.611. The van der Waals surface area contributed by atoms with E-state index >= 15 is 0 Å². The van der Waals surface area contributed by atoms with Gasteiger partial charge in [-0.2, -0.15) is 0 Å². The zero-order chi connectivity index (χ0) is 17.1. The molecule has 2 rings (SSSR count). The Morgan fingerprint density at radius 2 is 1.96 bits per heavy atom. The van der Waals surface area contributed by atoms with E-state index in [1.165, 1.54) is 0 Å². The third-order valence-corrected chi connectivity index (χ3v) is 4.09. The average molecular weight is 321 g/mol. The zero-order valence-corrected chi connectivity index (χ0v) is 14.5. The fourth-order valence-electron chi connectivity index (χ4n) is 2.66. The molecule has 1 saturated heterocycles. The van der Waals surface area contributed by atoms with E-state index < -0.39 is 5.60 Å². The normalized spacial score (nSPS) is 21.5. The lowest BCUT2D eigenvalue weighted by Crippen LogP contribution is -2.40. The molecule has 1 unspecified atom stereocenters. The number of aromatic hydroxyl groups is 1. The number of amides is 1. The minimum absolute atomic E-state index is 0.246. The molecule has 1 aromatic rings. The van der Waals surface area contributed by atoms with Gasteiger partial charge in [0.1, 0.15) is 11.4 Å². The first-order valence-corrected chi connectivity index (χ1v) is 8.13. The lowest BCUT2D eigenvalue weighted by Gasteiger charge is -2.29. The van der Waals surface area contributed by atoms with Gasteiger partial charge in [0.15, 0.2) is 0 Å². The van der Waals surface area contributed by atoms with Crippen LogP contribution in [-0.2, 0) is 16.1 Å². The van der Waals surface area contributed by atoms with Crippen LogP contribution in [0.2, 0.25) is 0 Å². The van der Waals surface area contributed by atoms with Crippen LogP contribution in [0, 0.1) is 0 Å². The van der Waals surface area contributed by atoms with Crippen molar-refractivity contribution in [2.24, 2.45) is 0 Å². The van der Waals surface area contributed by atoms with Crippen molar-refractivity contribution in [3.05, 3.63) is 29.8 Å². The standard InChI is InChI=1S/C18H27NO4/c1-5-18(22-12-14-6-8-15(20)9-7-14)10-11-19(13-18)16(21)23-17(2,3)4/h6-9,20H,5,10-13H2,1-4H3. The molecule has 1 heterocycles. The summed E-state index contributed by atoms with van der Waals surface area (Å²) >= 11 is 0. The number of nitrogens with zero attached hydrogens (tertiary/aromatic N) is 1. The van der Waals surface area contributed by atoms with Crippen LogP contribution < -0.4 is 0 Å². The van der Waals surface area contributed by atoms with Gasteiger partial charge in [0.25, 0.3) is 0 Å². The summed E-state index contributed by atoms with van der Waals surface area (Å²) in [5.74, 6) is 0.246. The fourth-order valence-corrected chi connectivity index (χ4v) is 2.66. The maximum atomic E-state index is 12.2. The second kappa shape index (κ2) is 6.79. The summed E-state index contributed by atoms with van der Waals surface area (Å²) in [4.78, 5) is 13.9.